The number of benzene rings is 1. The number of hydrogen-bond acceptors (Lipinski definition) is 11. The second kappa shape index (κ2) is 14.1. The van der Waals surface area contributed by atoms with Crippen LogP contribution in [0.3, 0.4) is 0 Å². The van der Waals surface area contributed by atoms with Gasteiger partial charge in [-0.05, 0) is 0 Å². The monoisotopic (exact) mass is 636 g/mol. The summed E-state index contributed by atoms with van der Waals surface area (Å²) < 4.78 is 33.6. The van der Waals surface area contributed by atoms with Gasteiger partial charge in [0.05, 0.1) is 0 Å². The molecule has 0 aliphatic carbocycles. The zero-order chi connectivity index (χ0) is 27.7. The van der Waals surface area contributed by atoms with Crippen molar-refractivity contribution in [1.82, 2.24) is 0 Å². The summed E-state index contributed by atoms with van der Waals surface area (Å²) in [5.41, 5.74) is 1.05. The fourth-order valence-corrected chi connectivity index (χ4v) is 6.08. The van der Waals surface area contributed by atoms with Crippen LogP contribution in [0.15, 0.2) is 34.0 Å². The maximum absolute atomic E-state index is 12.7. The summed E-state index contributed by atoms with van der Waals surface area (Å²) in [4.78, 5) is 60.1. The van der Waals surface area contributed by atoms with Crippen LogP contribution in [0.4, 0.5) is 0 Å². The number of methoxy groups -OCH3 is 1. The summed E-state index contributed by atoms with van der Waals surface area (Å²) in [5.74, 6) is -3.41. The molecule has 1 aromatic carbocycles. The van der Waals surface area contributed by atoms with Gasteiger partial charge in [-0.2, -0.15) is 0 Å². The third-order valence-corrected chi connectivity index (χ3v) is 7.92. The Hall–Kier alpha value is -2.94. The van der Waals surface area contributed by atoms with Crippen LogP contribution in [0.2, 0.25) is 0 Å². The van der Waals surface area contributed by atoms with Crippen molar-refractivity contribution in [3.63, 3.8) is 0 Å². The Bertz CT molecular complexity index is 1030. The minimum atomic E-state index is -1.32. The van der Waals surface area contributed by atoms with Gasteiger partial charge < -0.3 is 0 Å². The van der Waals surface area contributed by atoms with Gasteiger partial charge in [0.15, 0.2) is 0 Å². The molecule has 0 aromatic heterocycles. The van der Waals surface area contributed by atoms with E-state index in [4.69, 9.17) is 28.4 Å². The molecular formula is C25H30O11Te. The maximum atomic E-state index is 12.7. The van der Waals surface area contributed by atoms with Crippen molar-refractivity contribution >= 4 is 54.4 Å². The van der Waals surface area contributed by atoms with Gasteiger partial charge in [-0.1, -0.05) is 0 Å². The number of esters is 5. The third-order valence-electron chi connectivity index (χ3n) is 4.98. The Morgan fingerprint density at radius 1 is 0.838 bits per heavy atom. The van der Waals surface area contributed by atoms with E-state index in [0.717, 1.165) is 29.9 Å². The van der Waals surface area contributed by atoms with Gasteiger partial charge in [-0.25, -0.2) is 0 Å². The Morgan fingerprint density at radius 2 is 1.38 bits per heavy atom. The van der Waals surface area contributed by atoms with Crippen LogP contribution in [0, 0.1) is 6.92 Å². The van der Waals surface area contributed by atoms with E-state index >= 15 is 0 Å². The zero-order valence-corrected chi connectivity index (χ0v) is 23.7. The number of carbonyl (C=O) groups is 5. The van der Waals surface area contributed by atoms with Crippen molar-refractivity contribution in [2.75, 3.05) is 13.7 Å². The molecule has 1 heterocycles. The van der Waals surface area contributed by atoms with E-state index in [-0.39, 0.29) is 6.61 Å². The Balaban J connectivity index is 2.58. The quantitative estimate of drug-likeness (QED) is 0.163. The van der Waals surface area contributed by atoms with Crippen LogP contribution in [0.5, 0.6) is 0 Å². The summed E-state index contributed by atoms with van der Waals surface area (Å²) in [6.45, 7) is 6.21. The second-order valence-corrected chi connectivity index (χ2v) is 11.3. The zero-order valence-electron chi connectivity index (χ0n) is 21.4. The topological polar surface area (TPSA) is 141 Å². The van der Waals surface area contributed by atoms with Crippen LogP contribution < -0.4 is 3.61 Å². The molecule has 1 aliphatic heterocycles. The van der Waals surface area contributed by atoms with Crippen LogP contribution in [-0.2, 0) is 52.4 Å². The summed E-state index contributed by atoms with van der Waals surface area (Å²) in [6, 6.07) is 7.65. The number of ether oxygens (including phenoxy) is 6. The summed E-state index contributed by atoms with van der Waals surface area (Å²) in [6.07, 6.45) is -4.66. The first-order chi connectivity index (χ1) is 17.4. The molecule has 0 amide bonds. The second-order valence-electron chi connectivity index (χ2n) is 8.10. The molecule has 1 aliphatic rings. The average Bonchev–Trinajstić information content (AvgIpc) is 2.81. The van der Waals surface area contributed by atoms with E-state index in [2.05, 4.69) is 0 Å². The van der Waals surface area contributed by atoms with Crippen molar-refractivity contribution in [3.05, 3.63) is 39.5 Å². The number of aryl methyl sites for hydroxylation is 1. The van der Waals surface area contributed by atoms with E-state index in [1.807, 2.05) is 31.2 Å². The Labute approximate surface area is 224 Å². The molecule has 0 N–H and O–H groups in total. The molecule has 0 spiro atoms. The molecule has 0 saturated carbocycles. The van der Waals surface area contributed by atoms with Crippen LogP contribution >= 0.6 is 0 Å². The molecule has 11 nitrogen and oxygen atoms in total. The van der Waals surface area contributed by atoms with Gasteiger partial charge in [0.25, 0.3) is 0 Å². The summed E-state index contributed by atoms with van der Waals surface area (Å²) in [5, 5.41) is 0. The SMILES string of the molecule is COC(=O)/C(=C\[C@H]1O[C@H](COC(C)=O)[C@@H](OC(C)=O)[C@H](OC(C)=O)[C@H]1OC(C)=O)[Te]c1ccc(C)cc1. The van der Waals surface area contributed by atoms with Gasteiger partial charge in [0, 0.05) is 0 Å². The molecule has 1 saturated heterocycles. The molecule has 1 fully saturated rings. The molecule has 37 heavy (non-hydrogen) atoms. The third kappa shape index (κ3) is 9.46. The van der Waals surface area contributed by atoms with Crippen LogP contribution in [0.1, 0.15) is 33.3 Å². The molecule has 0 unspecified atom stereocenters. The van der Waals surface area contributed by atoms with Gasteiger partial charge >= 0.3 is 225 Å². The molecule has 0 bridgehead atoms. The summed E-state index contributed by atoms with van der Waals surface area (Å²) in [7, 11) is 1.24. The van der Waals surface area contributed by atoms with Gasteiger partial charge in [-0.3, -0.25) is 0 Å². The predicted molar refractivity (Wildman–Crippen MR) is 129 cm³/mol. The van der Waals surface area contributed by atoms with Gasteiger partial charge in [0.2, 0.25) is 0 Å². The molecule has 0 radical (unpaired) electrons. The molecule has 1 aromatic rings. The number of rotatable bonds is 9. The van der Waals surface area contributed by atoms with Crippen molar-refractivity contribution in [1.29, 1.82) is 0 Å². The van der Waals surface area contributed by atoms with E-state index in [1.165, 1.54) is 20.1 Å². The number of carbonyl (C=O) groups excluding carboxylic acids is 5. The first-order valence-electron chi connectivity index (χ1n) is 11.3. The van der Waals surface area contributed by atoms with E-state index in [1.54, 1.807) is 0 Å². The predicted octanol–water partition coefficient (Wildman–Crippen LogP) is 0.507. The Kier molecular flexibility index (Phi) is 11.6. The average molecular weight is 634 g/mol. The van der Waals surface area contributed by atoms with E-state index in [9.17, 15) is 24.0 Å². The van der Waals surface area contributed by atoms with Crippen molar-refractivity contribution in [3.8, 4) is 0 Å². The molecule has 12 heteroatoms. The minimum absolute atomic E-state index is 0.303. The van der Waals surface area contributed by atoms with Crippen molar-refractivity contribution in [2.45, 2.75) is 65.1 Å². The van der Waals surface area contributed by atoms with E-state index in [0.29, 0.717) is 3.62 Å². The first-order valence-corrected chi connectivity index (χ1v) is 13.6. The van der Waals surface area contributed by atoms with Crippen molar-refractivity contribution in [2.24, 2.45) is 0 Å². The molecular weight excluding hydrogens is 604 g/mol. The van der Waals surface area contributed by atoms with E-state index < -0.39 is 81.3 Å². The fraction of sp³-hybridized carbons (Fsp3) is 0.480. The molecule has 202 valence electrons. The van der Waals surface area contributed by atoms with Gasteiger partial charge in [0.1, 0.15) is 0 Å². The van der Waals surface area contributed by atoms with Crippen molar-refractivity contribution < 1.29 is 52.4 Å². The standard InChI is InChI=1S/C25H30O11Te/c1-13-7-9-18(10-8-13)37-21(25(30)31-6)11-19-22(33-15(3)27)24(35-17(5)29)23(34-16(4)28)20(36-19)12-32-14(2)26/h7-11,19-20,22-24H,12H2,1-6H3/b21-11+/t19-,20-,22+,23-,24-/m1/s1. The van der Waals surface area contributed by atoms with Crippen LogP contribution in [0.25, 0.3) is 0 Å². The van der Waals surface area contributed by atoms with Crippen LogP contribution in [-0.4, -0.2) is 95.0 Å². The normalized spacial score (nSPS) is 23.4. The Morgan fingerprint density at radius 3 is 1.89 bits per heavy atom. The summed E-state index contributed by atoms with van der Waals surface area (Å²) >= 11 is -1.29. The number of hydrogen-bond donors (Lipinski definition) is 0. The van der Waals surface area contributed by atoms with Gasteiger partial charge in [-0.15, -0.1) is 0 Å². The fourth-order valence-electron chi connectivity index (χ4n) is 3.52. The first kappa shape index (κ1) is 30.3. The molecule has 2 rings (SSSR count). The molecule has 5 atom stereocenters.